The van der Waals surface area contributed by atoms with Crippen LogP contribution in [0, 0.1) is 11.8 Å². The fraction of sp³-hybridized carbons (Fsp3) is 0.500. The van der Waals surface area contributed by atoms with Crippen LogP contribution in [0.4, 0.5) is 13.2 Å². The van der Waals surface area contributed by atoms with Crippen LogP contribution < -0.4 is 0 Å². The van der Waals surface area contributed by atoms with Gasteiger partial charge in [0, 0.05) is 18.5 Å². The lowest BCUT2D eigenvalue weighted by atomic mass is 9.92. The van der Waals surface area contributed by atoms with E-state index in [1.807, 2.05) is 0 Å². The number of likely N-dealkylation sites (tertiary alicyclic amines) is 1. The molecule has 2 atom stereocenters. The average molecular weight is 383 g/mol. The summed E-state index contributed by atoms with van der Waals surface area (Å²) >= 11 is 1.04. The topological polar surface area (TPSA) is 46.1 Å². The number of alkyl halides is 3. The Morgan fingerprint density at radius 3 is 2.50 bits per heavy atom. The zero-order chi connectivity index (χ0) is 18.9. The van der Waals surface area contributed by atoms with Gasteiger partial charge < -0.3 is 4.90 Å². The molecule has 3 rings (SSSR count). The van der Waals surface area contributed by atoms with E-state index >= 15 is 0 Å². The molecule has 1 fully saturated rings. The third kappa shape index (κ3) is 4.28. The summed E-state index contributed by atoms with van der Waals surface area (Å²) in [6.45, 7) is 5.61. The van der Waals surface area contributed by atoms with Gasteiger partial charge in [0.05, 0.1) is 11.3 Å². The van der Waals surface area contributed by atoms with Crippen LogP contribution >= 0.6 is 11.8 Å². The van der Waals surface area contributed by atoms with Crippen LogP contribution in [0.15, 0.2) is 29.3 Å². The van der Waals surface area contributed by atoms with Crippen LogP contribution in [-0.2, 0) is 11.0 Å². The number of fused-ring (bicyclic) bond motifs is 1. The minimum Gasteiger partial charge on any atom is -0.341 e. The maximum atomic E-state index is 13.1. The van der Waals surface area contributed by atoms with E-state index in [-0.39, 0.29) is 22.2 Å². The maximum absolute atomic E-state index is 13.1. The molecule has 0 spiro atoms. The highest BCUT2D eigenvalue weighted by molar-refractivity contribution is 8.00. The fourth-order valence-electron chi connectivity index (χ4n) is 3.37. The monoisotopic (exact) mass is 383 g/mol. The normalized spacial score (nSPS) is 21.2. The lowest BCUT2D eigenvalue weighted by Gasteiger charge is -2.35. The Labute approximate surface area is 154 Å². The third-order valence-electron chi connectivity index (χ3n) is 4.38. The highest BCUT2D eigenvalue weighted by Crippen LogP contribution is 2.32. The summed E-state index contributed by atoms with van der Waals surface area (Å²) in [6, 6.07) is 6.55. The molecule has 1 aliphatic rings. The first-order chi connectivity index (χ1) is 12.2. The highest BCUT2D eigenvalue weighted by Gasteiger charge is 2.35. The van der Waals surface area contributed by atoms with E-state index in [9.17, 15) is 18.0 Å². The molecule has 0 aliphatic carbocycles. The Bertz CT molecular complexity index is 802. The number of piperidine rings is 1. The molecule has 1 saturated heterocycles. The van der Waals surface area contributed by atoms with Crippen LogP contribution in [0.2, 0.25) is 0 Å². The lowest BCUT2D eigenvalue weighted by Crippen LogP contribution is -2.43. The minimum atomic E-state index is -4.62. The first-order valence-electron chi connectivity index (χ1n) is 8.48. The first-order valence-corrected chi connectivity index (χ1v) is 9.47. The molecule has 0 N–H and O–H groups in total. The van der Waals surface area contributed by atoms with Gasteiger partial charge in [0.1, 0.15) is 5.03 Å². The molecule has 2 unspecified atom stereocenters. The number of hydrogen-bond acceptors (Lipinski definition) is 4. The number of carbonyl (C=O) groups is 1. The maximum Gasteiger partial charge on any atom is 0.451 e. The summed E-state index contributed by atoms with van der Waals surface area (Å²) in [5.74, 6) is -0.303. The molecule has 0 saturated carbocycles. The van der Waals surface area contributed by atoms with Crippen molar-refractivity contribution in [2.24, 2.45) is 11.8 Å². The molecule has 2 heterocycles. The van der Waals surface area contributed by atoms with Crippen LogP contribution in [0.3, 0.4) is 0 Å². The molecule has 0 bridgehead atoms. The Morgan fingerprint density at radius 1 is 1.19 bits per heavy atom. The summed E-state index contributed by atoms with van der Waals surface area (Å²) in [7, 11) is 0. The van der Waals surface area contributed by atoms with E-state index in [1.54, 1.807) is 23.1 Å². The van der Waals surface area contributed by atoms with E-state index < -0.39 is 12.0 Å². The van der Waals surface area contributed by atoms with Crippen molar-refractivity contribution < 1.29 is 18.0 Å². The number of rotatable bonds is 3. The van der Waals surface area contributed by atoms with Crippen molar-refractivity contribution in [3.05, 3.63) is 30.1 Å². The molecule has 2 aromatic rings. The zero-order valence-electron chi connectivity index (χ0n) is 14.6. The third-order valence-corrected chi connectivity index (χ3v) is 5.35. The molecule has 4 nitrogen and oxygen atoms in total. The van der Waals surface area contributed by atoms with Crippen molar-refractivity contribution in [3.8, 4) is 0 Å². The van der Waals surface area contributed by atoms with Gasteiger partial charge in [0.15, 0.2) is 0 Å². The second-order valence-corrected chi connectivity index (χ2v) is 7.86. The first kappa shape index (κ1) is 18.9. The van der Waals surface area contributed by atoms with Gasteiger partial charge in [-0.2, -0.15) is 13.2 Å². The Balaban J connectivity index is 1.81. The van der Waals surface area contributed by atoms with Crippen molar-refractivity contribution in [1.29, 1.82) is 0 Å². The van der Waals surface area contributed by atoms with E-state index in [4.69, 9.17) is 0 Å². The van der Waals surface area contributed by atoms with Crippen molar-refractivity contribution in [1.82, 2.24) is 14.9 Å². The summed E-state index contributed by atoms with van der Waals surface area (Å²) in [4.78, 5) is 21.6. The van der Waals surface area contributed by atoms with E-state index in [1.165, 1.54) is 6.07 Å². The molecule has 8 heteroatoms. The van der Waals surface area contributed by atoms with Gasteiger partial charge in [0.2, 0.25) is 11.7 Å². The number of benzene rings is 1. The standard InChI is InChI=1S/C18H20F3N3OS/c1-11-7-12(2)9-24(8-11)15(25)10-26-16-13-5-3-4-6-14(13)22-17(23-16)18(19,20)21/h3-6,11-12H,7-10H2,1-2H3. The zero-order valence-corrected chi connectivity index (χ0v) is 15.4. The predicted molar refractivity (Wildman–Crippen MR) is 94.8 cm³/mol. The number of nitrogens with zero attached hydrogens (tertiary/aromatic N) is 3. The number of halogens is 3. The molecule has 26 heavy (non-hydrogen) atoms. The van der Waals surface area contributed by atoms with Gasteiger partial charge in [-0.3, -0.25) is 4.79 Å². The summed E-state index contributed by atoms with van der Waals surface area (Å²) in [5, 5.41) is 0.716. The minimum absolute atomic E-state index is 0.0651. The highest BCUT2D eigenvalue weighted by atomic mass is 32.2. The fourth-order valence-corrected chi connectivity index (χ4v) is 4.29. The van der Waals surface area contributed by atoms with E-state index in [0.29, 0.717) is 30.3 Å². The molecule has 1 aromatic carbocycles. The van der Waals surface area contributed by atoms with Gasteiger partial charge in [-0.05, 0) is 24.3 Å². The van der Waals surface area contributed by atoms with Crippen LogP contribution in [-0.4, -0.2) is 39.6 Å². The Hall–Kier alpha value is -1.83. The van der Waals surface area contributed by atoms with Crippen LogP contribution in [0.5, 0.6) is 0 Å². The number of para-hydroxylation sites is 1. The van der Waals surface area contributed by atoms with Crippen molar-refractivity contribution in [3.63, 3.8) is 0 Å². The molecule has 1 aliphatic heterocycles. The Morgan fingerprint density at radius 2 is 1.85 bits per heavy atom. The molecule has 0 radical (unpaired) electrons. The predicted octanol–water partition coefficient (Wildman–Crippen LogP) is 4.25. The number of carbonyl (C=O) groups excluding carboxylic acids is 1. The van der Waals surface area contributed by atoms with Crippen LogP contribution in [0.25, 0.3) is 10.9 Å². The van der Waals surface area contributed by atoms with Crippen LogP contribution in [0.1, 0.15) is 26.1 Å². The molecule has 1 aromatic heterocycles. The number of thioether (sulfide) groups is 1. The number of amides is 1. The average Bonchev–Trinajstić information content (AvgIpc) is 2.57. The second-order valence-electron chi connectivity index (χ2n) is 6.90. The van der Waals surface area contributed by atoms with Gasteiger partial charge in [0.25, 0.3) is 0 Å². The number of aromatic nitrogens is 2. The number of hydrogen-bond donors (Lipinski definition) is 0. The summed E-state index contributed by atoms with van der Waals surface area (Å²) in [5.41, 5.74) is 0.227. The van der Waals surface area contributed by atoms with Gasteiger partial charge >= 0.3 is 6.18 Å². The molecular weight excluding hydrogens is 363 g/mol. The summed E-state index contributed by atoms with van der Waals surface area (Å²) in [6.07, 6.45) is -3.54. The molecular formula is C18H20F3N3OS. The largest absolute Gasteiger partial charge is 0.451 e. The Kier molecular flexibility index (Phi) is 5.41. The van der Waals surface area contributed by atoms with Crippen molar-refractivity contribution in [2.75, 3.05) is 18.8 Å². The summed E-state index contributed by atoms with van der Waals surface area (Å²) < 4.78 is 39.2. The quantitative estimate of drug-likeness (QED) is 0.587. The molecule has 1 amide bonds. The van der Waals surface area contributed by atoms with Gasteiger partial charge in [-0.1, -0.05) is 43.8 Å². The smallest absolute Gasteiger partial charge is 0.341 e. The second kappa shape index (κ2) is 7.42. The SMILES string of the molecule is CC1CC(C)CN(C(=O)CSc2nc(C(F)(F)F)nc3ccccc23)C1. The molecule has 140 valence electrons. The van der Waals surface area contributed by atoms with Gasteiger partial charge in [-0.15, -0.1) is 0 Å². The van der Waals surface area contributed by atoms with Crippen molar-refractivity contribution in [2.45, 2.75) is 31.5 Å². The lowest BCUT2D eigenvalue weighted by molar-refractivity contribution is -0.145. The van der Waals surface area contributed by atoms with Crippen molar-refractivity contribution >= 4 is 28.6 Å². The van der Waals surface area contributed by atoms with Gasteiger partial charge in [-0.25, -0.2) is 9.97 Å². The van der Waals surface area contributed by atoms with E-state index in [2.05, 4.69) is 23.8 Å². The van der Waals surface area contributed by atoms with E-state index in [0.717, 1.165) is 18.2 Å².